The highest BCUT2D eigenvalue weighted by Crippen LogP contribution is 2.24. The molecule has 0 saturated heterocycles. The van der Waals surface area contributed by atoms with Gasteiger partial charge < -0.3 is 15.2 Å². The number of hydrogen-bond donors (Lipinski definition) is 3. The van der Waals surface area contributed by atoms with Crippen molar-refractivity contribution >= 4 is 16.9 Å². The van der Waals surface area contributed by atoms with Crippen molar-refractivity contribution < 1.29 is 15.0 Å². The Morgan fingerprint density at radius 1 is 1.44 bits per heavy atom. The van der Waals surface area contributed by atoms with Crippen LogP contribution in [-0.4, -0.2) is 46.2 Å². The summed E-state index contributed by atoms with van der Waals surface area (Å²) in [5, 5.41) is 19.5. The molecule has 0 fully saturated rings. The van der Waals surface area contributed by atoms with E-state index < -0.39 is 12.0 Å². The van der Waals surface area contributed by atoms with Gasteiger partial charge in [0, 0.05) is 23.5 Å². The lowest BCUT2D eigenvalue weighted by Crippen LogP contribution is -2.37. The number of aliphatic carboxylic acids is 1. The van der Waals surface area contributed by atoms with Gasteiger partial charge in [-0.15, -0.1) is 0 Å². The van der Waals surface area contributed by atoms with Crippen LogP contribution in [0.5, 0.6) is 5.75 Å². The summed E-state index contributed by atoms with van der Waals surface area (Å²) in [5.74, 6) is -0.672. The Balaban J connectivity index is 2.36. The van der Waals surface area contributed by atoms with Crippen molar-refractivity contribution in [3.8, 4) is 5.75 Å². The Labute approximate surface area is 105 Å². The van der Waals surface area contributed by atoms with Crippen molar-refractivity contribution in [1.82, 2.24) is 9.88 Å². The standard InChI is InChI=1S/C13H16N2O3/c1-15(2)12(13(17)18)5-8-7-14-11-4-3-9(16)6-10(8)11/h3-4,6-7,12,14,16H,5H2,1-2H3,(H,17,18)/t12-/m0/s1. The van der Waals surface area contributed by atoms with Crippen LogP contribution in [0.15, 0.2) is 24.4 Å². The second kappa shape index (κ2) is 4.70. The Kier molecular flexibility index (Phi) is 3.25. The van der Waals surface area contributed by atoms with Gasteiger partial charge in [-0.2, -0.15) is 0 Å². The van der Waals surface area contributed by atoms with Crippen LogP contribution in [0, 0.1) is 0 Å². The van der Waals surface area contributed by atoms with Gasteiger partial charge in [0.05, 0.1) is 0 Å². The van der Waals surface area contributed by atoms with Crippen LogP contribution in [0.2, 0.25) is 0 Å². The average molecular weight is 248 g/mol. The molecule has 18 heavy (non-hydrogen) atoms. The third-order valence-corrected chi connectivity index (χ3v) is 3.07. The molecular formula is C13H16N2O3. The molecule has 0 radical (unpaired) electrons. The number of carboxylic acids is 1. The first-order valence-corrected chi connectivity index (χ1v) is 5.67. The molecule has 0 aliphatic carbocycles. The summed E-state index contributed by atoms with van der Waals surface area (Å²) >= 11 is 0. The zero-order valence-corrected chi connectivity index (χ0v) is 10.3. The van der Waals surface area contributed by atoms with Crippen molar-refractivity contribution in [2.75, 3.05) is 14.1 Å². The molecule has 0 aliphatic rings. The van der Waals surface area contributed by atoms with Gasteiger partial charge in [-0.1, -0.05) is 0 Å². The summed E-state index contributed by atoms with van der Waals surface area (Å²) in [6.07, 6.45) is 2.19. The van der Waals surface area contributed by atoms with Gasteiger partial charge in [-0.05, 0) is 37.9 Å². The Morgan fingerprint density at radius 3 is 2.78 bits per heavy atom. The third kappa shape index (κ3) is 2.31. The highest BCUT2D eigenvalue weighted by Gasteiger charge is 2.21. The third-order valence-electron chi connectivity index (χ3n) is 3.07. The van der Waals surface area contributed by atoms with Crippen molar-refractivity contribution in [2.45, 2.75) is 12.5 Å². The number of nitrogens with one attached hydrogen (secondary N) is 1. The minimum atomic E-state index is -0.852. The number of rotatable bonds is 4. The lowest BCUT2D eigenvalue weighted by Gasteiger charge is -2.19. The fourth-order valence-electron chi connectivity index (χ4n) is 2.03. The van der Waals surface area contributed by atoms with E-state index in [1.54, 1.807) is 43.4 Å². The maximum atomic E-state index is 11.2. The highest BCUT2D eigenvalue weighted by atomic mass is 16.4. The number of aromatic hydroxyl groups is 1. The van der Waals surface area contributed by atoms with Gasteiger partial charge in [0.2, 0.25) is 0 Å². The zero-order chi connectivity index (χ0) is 13.3. The summed E-state index contributed by atoms with van der Waals surface area (Å²) in [4.78, 5) is 15.9. The lowest BCUT2D eigenvalue weighted by atomic mass is 10.0. The van der Waals surface area contributed by atoms with Crippen LogP contribution in [0.4, 0.5) is 0 Å². The first-order valence-electron chi connectivity index (χ1n) is 5.67. The normalized spacial score (nSPS) is 13.1. The smallest absolute Gasteiger partial charge is 0.321 e. The fourth-order valence-corrected chi connectivity index (χ4v) is 2.03. The number of carbonyl (C=O) groups is 1. The SMILES string of the molecule is CN(C)[C@@H](Cc1c[nH]c2ccc(O)cc12)C(=O)O. The molecule has 0 saturated carbocycles. The van der Waals surface area contributed by atoms with E-state index in [1.807, 2.05) is 0 Å². The van der Waals surface area contributed by atoms with Crippen LogP contribution in [0.3, 0.4) is 0 Å². The van der Waals surface area contributed by atoms with E-state index in [9.17, 15) is 9.90 Å². The predicted octanol–water partition coefficient (Wildman–Crippen LogP) is 1.43. The number of likely N-dealkylation sites (N-methyl/N-ethyl adjacent to an activating group) is 1. The van der Waals surface area contributed by atoms with E-state index >= 15 is 0 Å². The molecule has 1 aromatic carbocycles. The molecule has 2 rings (SSSR count). The molecule has 1 atom stereocenters. The van der Waals surface area contributed by atoms with Crippen LogP contribution in [-0.2, 0) is 11.2 Å². The maximum Gasteiger partial charge on any atom is 0.321 e. The maximum absolute atomic E-state index is 11.2. The van der Waals surface area contributed by atoms with Crippen LogP contribution < -0.4 is 0 Å². The van der Waals surface area contributed by atoms with Crippen molar-refractivity contribution in [3.05, 3.63) is 30.0 Å². The molecule has 96 valence electrons. The lowest BCUT2D eigenvalue weighted by molar-refractivity contribution is -0.142. The number of phenols is 1. The van der Waals surface area contributed by atoms with Crippen molar-refractivity contribution in [3.63, 3.8) is 0 Å². The summed E-state index contributed by atoms with van der Waals surface area (Å²) in [6.45, 7) is 0. The second-order valence-corrected chi connectivity index (χ2v) is 4.57. The largest absolute Gasteiger partial charge is 0.508 e. The monoisotopic (exact) mass is 248 g/mol. The fraction of sp³-hybridized carbons (Fsp3) is 0.308. The van der Waals surface area contributed by atoms with E-state index in [1.165, 1.54) is 0 Å². The molecule has 0 unspecified atom stereocenters. The summed E-state index contributed by atoms with van der Waals surface area (Å²) < 4.78 is 0. The Morgan fingerprint density at radius 2 is 2.17 bits per heavy atom. The second-order valence-electron chi connectivity index (χ2n) is 4.57. The van der Waals surface area contributed by atoms with Crippen molar-refractivity contribution in [1.29, 1.82) is 0 Å². The Hall–Kier alpha value is -2.01. The molecule has 0 spiro atoms. The number of fused-ring (bicyclic) bond motifs is 1. The van der Waals surface area contributed by atoms with Gasteiger partial charge in [-0.25, -0.2) is 0 Å². The number of aromatic nitrogens is 1. The van der Waals surface area contributed by atoms with Gasteiger partial charge in [0.15, 0.2) is 0 Å². The number of benzene rings is 1. The van der Waals surface area contributed by atoms with Gasteiger partial charge in [0.1, 0.15) is 11.8 Å². The minimum Gasteiger partial charge on any atom is -0.508 e. The first-order chi connectivity index (χ1) is 8.49. The van der Waals surface area contributed by atoms with E-state index in [4.69, 9.17) is 5.11 Å². The van der Waals surface area contributed by atoms with Crippen LogP contribution in [0.25, 0.3) is 10.9 Å². The predicted molar refractivity (Wildman–Crippen MR) is 68.8 cm³/mol. The van der Waals surface area contributed by atoms with Crippen LogP contribution >= 0.6 is 0 Å². The molecule has 2 aromatic rings. The Bertz CT molecular complexity index is 575. The molecule has 1 aromatic heterocycles. The van der Waals surface area contributed by atoms with E-state index in [2.05, 4.69) is 4.98 Å². The summed E-state index contributed by atoms with van der Waals surface area (Å²) in [7, 11) is 3.48. The summed E-state index contributed by atoms with van der Waals surface area (Å²) in [5.41, 5.74) is 1.78. The number of phenolic OH excluding ortho intramolecular Hbond substituents is 1. The van der Waals surface area contributed by atoms with Gasteiger partial charge in [-0.3, -0.25) is 9.69 Å². The number of H-pyrrole nitrogens is 1. The van der Waals surface area contributed by atoms with Gasteiger partial charge >= 0.3 is 5.97 Å². The average Bonchev–Trinajstić information content (AvgIpc) is 2.67. The topological polar surface area (TPSA) is 76.6 Å². The molecule has 3 N–H and O–H groups in total. The molecular weight excluding hydrogens is 232 g/mol. The number of nitrogens with zero attached hydrogens (tertiary/aromatic N) is 1. The summed E-state index contributed by atoms with van der Waals surface area (Å²) in [6, 6.07) is 4.45. The molecule has 5 heteroatoms. The molecule has 0 amide bonds. The molecule has 5 nitrogen and oxygen atoms in total. The zero-order valence-electron chi connectivity index (χ0n) is 10.3. The quantitative estimate of drug-likeness (QED) is 0.765. The number of aromatic amines is 1. The molecule has 0 bridgehead atoms. The van der Waals surface area contributed by atoms with E-state index in [-0.39, 0.29) is 5.75 Å². The highest BCUT2D eigenvalue weighted by molar-refractivity contribution is 5.85. The van der Waals surface area contributed by atoms with Crippen LogP contribution in [0.1, 0.15) is 5.56 Å². The van der Waals surface area contributed by atoms with Crippen molar-refractivity contribution in [2.24, 2.45) is 0 Å². The first kappa shape index (κ1) is 12.4. The van der Waals surface area contributed by atoms with E-state index in [0.717, 1.165) is 16.5 Å². The van der Waals surface area contributed by atoms with Gasteiger partial charge in [0.25, 0.3) is 0 Å². The van der Waals surface area contributed by atoms with E-state index in [0.29, 0.717) is 6.42 Å². The molecule has 0 aliphatic heterocycles. The number of carboxylic acid groups (broad SMARTS) is 1. The minimum absolute atomic E-state index is 0.181. The number of hydrogen-bond acceptors (Lipinski definition) is 3. The molecule has 1 heterocycles.